The van der Waals surface area contributed by atoms with E-state index in [0.717, 1.165) is 24.2 Å². The summed E-state index contributed by atoms with van der Waals surface area (Å²) in [4.78, 5) is 16.4. The van der Waals surface area contributed by atoms with Crippen LogP contribution >= 0.6 is 23.2 Å². The van der Waals surface area contributed by atoms with Crippen LogP contribution in [0.3, 0.4) is 0 Å². The van der Waals surface area contributed by atoms with E-state index in [4.69, 9.17) is 23.2 Å². The van der Waals surface area contributed by atoms with E-state index in [1.54, 1.807) is 36.5 Å². The molecule has 0 saturated heterocycles. The number of hydrogen-bond acceptors (Lipinski definition) is 3. The molecule has 1 aromatic carbocycles. The lowest BCUT2D eigenvalue weighted by atomic mass is 10.2. The lowest BCUT2D eigenvalue weighted by molar-refractivity contribution is 0.0933. The predicted molar refractivity (Wildman–Crippen MR) is 93.7 cm³/mol. The molecular weight excluding hydrogens is 333 g/mol. The van der Waals surface area contributed by atoms with Gasteiger partial charge in [0.25, 0.3) is 5.91 Å². The molecule has 4 nitrogen and oxygen atoms in total. The van der Waals surface area contributed by atoms with Crippen LogP contribution in [0, 0.1) is 0 Å². The molecule has 0 bridgehead atoms. The second kappa shape index (κ2) is 7.20. The van der Waals surface area contributed by atoms with Gasteiger partial charge in [0.1, 0.15) is 5.69 Å². The molecule has 0 atom stereocenters. The van der Waals surface area contributed by atoms with E-state index >= 15 is 0 Å². The number of rotatable bonds is 4. The highest BCUT2D eigenvalue weighted by molar-refractivity contribution is 6.35. The minimum atomic E-state index is -0.135. The molecule has 1 amide bonds. The molecule has 120 valence electrons. The van der Waals surface area contributed by atoms with Crippen LogP contribution < -0.4 is 10.6 Å². The number of pyridine rings is 1. The van der Waals surface area contributed by atoms with Crippen molar-refractivity contribution in [1.82, 2.24) is 10.3 Å². The Kier molecular flexibility index (Phi) is 5.03. The Balaban J connectivity index is 1.72. The molecule has 2 N–H and O–H groups in total. The second-order valence-electron chi connectivity index (χ2n) is 5.67. The van der Waals surface area contributed by atoms with Gasteiger partial charge in [0.05, 0.1) is 0 Å². The van der Waals surface area contributed by atoms with Crippen molar-refractivity contribution >= 4 is 40.5 Å². The van der Waals surface area contributed by atoms with Crippen molar-refractivity contribution in [2.75, 3.05) is 5.32 Å². The number of amides is 1. The normalized spacial score (nSPS) is 14.7. The number of anilines is 2. The molecule has 2 aromatic rings. The van der Waals surface area contributed by atoms with Crippen molar-refractivity contribution in [2.45, 2.75) is 31.7 Å². The third-order valence-corrected chi connectivity index (χ3v) is 4.27. The highest BCUT2D eigenvalue weighted by Crippen LogP contribution is 2.25. The fraction of sp³-hybridized carbons (Fsp3) is 0.294. The van der Waals surface area contributed by atoms with E-state index in [0.29, 0.717) is 15.7 Å². The minimum Gasteiger partial charge on any atom is -0.355 e. The first-order valence-corrected chi connectivity index (χ1v) is 8.36. The number of aromatic nitrogens is 1. The summed E-state index contributed by atoms with van der Waals surface area (Å²) in [5, 5.41) is 7.32. The second-order valence-corrected chi connectivity index (χ2v) is 6.54. The number of carbonyl (C=O) groups is 1. The first-order chi connectivity index (χ1) is 11.1. The van der Waals surface area contributed by atoms with E-state index in [1.807, 2.05) is 0 Å². The molecule has 1 aliphatic rings. The summed E-state index contributed by atoms with van der Waals surface area (Å²) in [6, 6.07) is 8.99. The summed E-state index contributed by atoms with van der Waals surface area (Å²) >= 11 is 12.0. The maximum atomic E-state index is 12.3. The van der Waals surface area contributed by atoms with Crippen molar-refractivity contribution < 1.29 is 4.79 Å². The maximum absolute atomic E-state index is 12.3. The van der Waals surface area contributed by atoms with Crippen LogP contribution in [0.2, 0.25) is 10.0 Å². The quantitative estimate of drug-likeness (QED) is 0.832. The number of nitrogens with one attached hydrogen (secondary N) is 2. The van der Waals surface area contributed by atoms with Gasteiger partial charge in [0, 0.05) is 33.7 Å². The first kappa shape index (κ1) is 16.1. The first-order valence-electron chi connectivity index (χ1n) is 7.60. The van der Waals surface area contributed by atoms with Crippen LogP contribution in [0.4, 0.5) is 11.4 Å². The Morgan fingerprint density at radius 3 is 2.43 bits per heavy atom. The zero-order valence-electron chi connectivity index (χ0n) is 12.5. The molecule has 23 heavy (non-hydrogen) atoms. The Morgan fingerprint density at radius 2 is 1.74 bits per heavy atom. The Morgan fingerprint density at radius 1 is 1.04 bits per heavy atom. The maximum Gasteiger partial charge on any atom is 0.270 e. The Hall–Kier alpha value is -1.78. The van der Waals surface area contributed by atoms with Crippen LogP contribution in [-0.4, -0.2) is 16.9 Å². The largest absolute Gasteiger partial charge is 0.355 e. The topological polar surface area (TPSA) is 54.0 Å². The standard InChI is InChI=1S/C17H17Cl2N3O/c18-11-7-12(19)9-15(8-11)21-14-5-6-20-16(10-14)17(23)22-13-3-1-2-4-13/h5-10,13H,1-4H2,(H,20,21)(H,22,23). The average molecular weight is 350 g/mol. The van der Waals surface area contributed by atoms with Crippen molar-refractivity contribution in [3.8, 4) is 0 Å². The van der Waals surface area contributed by atoms with Crippen LogP contribution in [0.5, 0.6) is 0 Å². The van der Waals surface area contributed by atoms with E-state index in [-0.39, 0.29) is 11.9 Å². The fourth-order valence-corrected chi connectivity index (χ4v) is 3.28. The van der Waals surface area contributed by atoms with Gasteiger partial charge in [-0.3, -0.25) is 9.78 Å². The lowest BCUT2D eigenvalue weighted by Gasteiger charge is -2.12. The van der Waals surface area contributed by atoms with E-state index in [1.165, 1.54) is 12.8 Å². The monoisotopic (exact) mass is 349 g/mol. The van der Waals surface area contributed by atoms with Gasteiger partial charge >= 0.3 is 0 Å². The molecule has 1 fully saturated rings. The van der Waals surface area contributed by atoms with Crippen molar-refractivity contribution in [2.24, 2.45) is 0 Å². The van der Waals surface area contributed by atoms with Gasteiger partial charge < -0.3 is 10.6 Å². The number of nitrogens with zero attached hydrogens (tertiary/aromatic N) is 1. The molecule has 1 aliphatic carbocycles. The molecule has 0 aliphatic heterocycles. The van der Waals surface area contributed by atoms with Gasteiger partial charge in [-0.05, 0) is 43.2 Å². The molecule has 0 radical (unpaired) electrons. The molecule has 1 heterocycles. The molecule has 1 aromatic heterocycles. The summed E-state index contributed by atoms with van der Waals surface area (Å²) in [6.07, 6.45) is 6.05. The smallest absolute Gasteiger partial charge is 0.270 e. The number of halogens is 2. The van der Waals surface area contributed by atoms with Crippen LogP contribution in [-0.2, 0) is 0 Å². The highest BCUT2D eigenvalue weighted by Gasteiger charge is 2.18. The van der Waals surface area contributed by atoms with Gasteiger partial charge in [-0.1, -0.05) is 36.0 Å². The van der Waals surface area contributed by atoms with Crippen LogP contribution in [0.1, 0.15) is 36.2 Å². The molecule has 1 saturated carbocycles. The summed E-state index contributed by atoms with van der Waals surface area (Å²) in [7, 11) is 0. The van der Waals surface area contributed by atoms with Crippen molar-refractivity contribution in [1.29, 1.82) is 0 Å². The summed E-state index contributed by atoms with van der Waals surface area (Å²) in [5.41, 5.74) is 1.92. The molecule has 0 spiro atoms. The number of carbonyl (C=O) groups excluding carboxylic acids is 1. The molecule has 3 rings (SSSR count). The van der Waals surface area contributed by atoms with Gasteiger partial charge in [-0.15, -0.1) is 0 Å². The third-order valence-electron chi connectivity index (χ3n) is 3.83. The summed E-state index contributed by atoms with van der Waals surface area (Å²) < 4.78 is 0. The predicted octanol–water partition coefficient (Wildman–Crippen LogP) is 4.80. The fourth-order valence-electron chi connectivity index (χ4n) is 2.75. The SMILES string of the molecule is O=C(NC1CCCC1)c1cc(Nc2cc(Cl)cc(Cl)c2)ccn1. The zero-order valence-corrected chi connectivity index (χ0v) is 14.0. The van der Waals surface area contributed by atoms with Crippen LogP contribution in [0.15, 0.2) is 36.5 Å². The van der Waals surface area contributed by atoms with Gasteiger partial charge in [0.2, 0.25) is 0 Å². The molecular formula is C17H17Cl2N3O. The van der Waals surface area contributed by atoms with Crippen molar-refractivity contribution in [3.05, 3.63) is 52.3 Å². The molecule has 6 heteroatoms. The highest BCUT2D eigenvalue weighted by atomic mass is 35.5. The lowest BCUT2D eigenvalue weighted by Crippen LogP contribution is -2.33. The third kappa shape index (κ3) is 4.36. The van der Waals surface area contributed by atoms with Crippen LogP contribution in [0.25, 0.3) is 0 Å². The van der Waals surface area contributed by atoms with Gasteiger partial charge in [-0.25, -0.2) is 0 Å². The average Bonchev–Trinajstić information content (AvgIpc) is 2.99. The Labute approximate surface area is 145 Å². The molecule has 0 unspecified atom stereocenters. The number of benzene rings is 1. The van der Waals surface area contributed by atoms with Gasteiger partial charge in [0.15, 0.2) is 0 Å². The number of hydrogen-bond donors (Lipinski definition) is 2. The van der Waals surface area contributed by atoms with Gasteiger partial charge in [-0.2, -0.15) is 0 Å². The van der Waals surface area contributed by atoms with E-state index < -0.39 is 0 Å². The summed E-state index contributed by atoms with van der Waals surface area (Å²) in [6.45, 7) is 0. The minimum absolute atomic E-state index is 0.135. The Bertz CT molecular complexity index is 694. The van der Waals surface area contributed by atoms with Crippen molar-refractivity contribution in [3.63, 3.8) is 0 Å². The van der Waals surface area contributed by atoms with E-state index in [2.05, 4.69) is 15.6 Å². The zero-order chi connectivity index (χ0) is 16.2. The van der Waals surface area contributed by atoms with E-state index in [9.17, 15) is 4.79 Å². The summed E-state index contributed by atoms with van der Waals surface area (Å²) in [5.74, 6) is -0.135.